The monoisotopic (exact) mass is 362 g/mol. The van der Waals surface area contributed by atoms with Crippen molar-refractivity contribution in [3.05, 3.63) is 28.2 Å². The maximum absolute atomic E-state index is 6.07. The maximum Gasteiger partial charge on any atom is 0.218 e. The Morgan fingerprint density at radius 1 is 1.00 bits per heavy atom. The number of para-hydroxylation sites is 1. The molecule has 4 nitrogen and oxygen atoms in total. The van der Waals surface area contributed by atoms with Gasteiger partial charge in [0, 0.05) is 5.71 Å². The molecule has 1 aliphatic rings. The number of benzene rings is 1. The molecular weight excluding hydrogens is 343 g/mol. The fraction of sp³-hybridized carbons (Fsp3) is 0.467. The van der Waals surface area contributed by atoms with Gasteiger partial charge in [0.25, 0.3) is 0 Å². The molecule has 1 saturated carbocycles. The van der Waals surface area contributed by atoms with Crippen LogP contribution in [0.5, 0.6) is 0 Å². The lowest BCUT2D eigenvalue weighted by Crippen LogP contribution is -2.22. The molecule has 1 aromatic rings. The van der Waals surface area contributed by atoms with Gasteiger partial charge >= 0.3 is 0 Å². The summed E-state index contributed by atoms with van der Waals surface area (Å²) in [6, 6.07) is 5.26. The fourth-order valence-electron chi connectivity index (χ4n) is 2.31. The number of halogens is 3. The van der Waals surface area contributed by atoms with Crippen LogP contribution in [0.25, 0.3) is 0 Å². The van der Waals surface area contributed by atoms with E-state index in [9.17, 15) is 0 Å². The van der Waals surface area contributed by atoms with Crippen molar-refractivity contribution in [3.63, 3.8) is 0 Å². The summed E-state index contributed by atoms with van der Waals surface area (Å²) in [6.07, 6.45) is 8.23. The SMILES string of the molecule is Cl.NC(=NN=C1CCCCCCC1)Nc1c(Cl)cccc1Cl. The average molecular weight is 364 g/mol. The number of hydrogen-bond acceptors (Lipinski definition) is 2. The molecule has 0 unspecified atom stereocenters. The van der Waals surface area contributed by atoms with E-state index >= 15 is 0 Å². The molecule has 0 amide bonds. The van der Waals surface area contributed by atoms with Gasteiger partial charge in [-0.25, -0.2) is 0 Å². The zero-order valence-corrected chi connectivity index (χ0v) is 14.6. The quantitative estimate of drug-likeness (QED) is 0.428. The molecule has 0 atom stereocenters. The Morgan fingerprint density at radius 2 is 1.55 bits per heavy atom. The average Bonchev–Trinajstić information content (AvgIpc) is 2.42. The summed E-state index contributed by atoms with van der Waals surface area (Å²) in [7, 11) is 0. The van der Waals surface area contributed by atoms with Gasteiger partial charge in [0.05, 0.1) is 15.7 Å². The highest BCUT2D eigenvalue weighted by atomic mass is 35.5. The van der Waals surface area contributed by atoms with Crippen LogP contribution in [0.4, 0.5) is 5.69 Å². The summed E-state index contributed by atoms with van der Waals surface area (Å²) in [6.45, 7) is 0. The van der Waals surface area contributed by atoms with Crippen LogP contribution in [0.15, 0.2) is 28.4 Å². The van der Waals surface area contributed by atoms with Crippen molar-refractivity contribution in [2.24, 2.45) is 15.9 Å². The Morgan fingerprint density at radius 3 is 2.14 bits per heavy atom. The number of anilines is 1. The lowest BCUT2D eigenvalue weighted by molar-refractivity contribution is 0.605. The van der Waals surface area contributed by atoms with Crippen LogP contribution in [-0.4, -0.2) is 11.7 Å². The van der Waals surface area contributed by atoms with Crippen molar-refractivity contribution in [3.8, 4) is 0 Å². The number of rotatable bonds is 2. The molecule has 0 saturated heterocycles. The summed E-state index contributed by atoms with van der Waals surface area (Å²) in [5.74, 6) is 0.194. The van der Waals surface area contributed by atoms with E-state index in [0.29, 0.717) is 15.7 Å². The van der Waals surface area contributed by atoms with Crippen molar-refractivity contribution in [1.29, 1.82) is 0 Å². The zero-order chi connectivity index (χ0) is 15.1. The van der Waals surface area contributed by atoms with E-state index in [1.807, 2.05) is 0 Å². The van der Waals surface area contributed by atoms with E-state index in [-0.39, 0.29) is 18.4 Å². The van der Waals surface area contributed by atoms with Gasteiger partial charge in [-0.05, 0) is 37.8 Å². The van der Waals surface area contributed by atoms with Gasteiger partial charge in [-0.1, -0.05) is 48.5 Å². The van der Waals surface area contributed by atoms with Gasteiger partial charge in [0.2, 0.25) is 5.96 Å². The van der Waals surface area contributed by atoms with Crippen molar-refractivity contribution in [2.75, 3.05) is 5.32 Å². The third kappa shape index (κ3) is 6.03. The first-order valence-electron chi connectivity index (χ1n) is 7.26. The fourth-order valence-corrected chi connectivity index (χ4v) is 2.80. The second-order valence-corrected chi connectivity index (χ2v) is 5.96. The minimum atomic E-state index is 0. The van der Waals surface area contributed by atoms with Crippen molar-refractivity contribution in [1.82, 2.24) is 0 Å². The molecule has 22 heavy (non-hydrogen) atoms. The molecule has 1 aliphatic carbocycles. The summed E-state index contributed by atoms with van der Waals surface area (Å²) < 4.78 is 0. The predicted molar refractivity (Wildman–Crippen MR) is 98.7 cm³/mol. The van der Waals surface area contributed by atoms with Crippen molar-refractivity contribution < 1.29 is 0 Å². The van der Waals surface area contributed by atoms with E-state index in [1.54, 1.807) is 18.2 Å². The summed E-state index contributed by atoms with van der Waals surface area (Å²) in [4.78, 5) is 0. The standard InChI is InChI=1S/C15H20Cl2N4.ClH/c16-12-9-6-10-13(17)14(12)19-15(18)21-20-11-7-4-2-1-3-5-8-11;/h6,9-10H,1-5,7-8H2,(H3,18,19,21);1H. The van der Waals surface area contributed by atoms with Gasteiger partial charge in [-0.15, -0.1) is 17.5 Å². The van der Waals surface area contributed by atoms with E-state index in [0.717, 1.165) is 18.6 Å². The molecule has 122 valence electrons. The highest BCUT2D eigenvalue weighted by molar-refractivity contribution is 6.39. The summed E-state index contributed by atoms with van der Waals surface area (Å²) >= 11 is 12.1. The Labute approximate surface area is 147 Å². The van der Waals surface area contributed by atoms with E-state index in [2.05, 4.69) is 15.5 Å². The van der Waals surface area contributed by atoms with Gasteiger partial charge in [-0.2, -0.15) is 5.10 Å². The van der Waals surface area contributed by atoms with Gasteiger partial charge in [0.1, 0.15) is 0 Å². The molecule has 0 heterocycles. The molecule has 0 spiro atoms. The van der Waals surface area contributed by atoms with Crippen LogP contribution in [-0.2, 0) is 0 Å². The molecule has 0 bridgehead atoms. The predicted octanol–water partition coefficient (Wildman–Crippen LogP) is 5.24. The van der Waals surface area contributed by atoms with Crippen LogP contribution in [0.2, 0.25) is 10.0 Å². The lowest BCUT2D eigenvalue weighted by Gasteiger charge is -2.10. The third-order valence-electron chi connectivity index (χ3n) is 3.45. The first-order chi connectivity index (χ1) is 10.2. The molecule has 0 aliphatic heterocycles. The second-order valence-electron chi connectivity index (χ2n) is 5.14. The minimum Gasteiger partial charge on any atom is -0.368 e. The largest absolute Gasteiger partial charge is 0.368 e. The smallest absolute Gasteiger partial charge is 0.218 e. The summed E-state index contributed by atoms with van der Waals surface area (Å²) in [5, 5.41) is 12.2. The first kappa shape index (κ1) is 19.1. The number of guanidine groups is 1. The number of nitrogens with two attached hydrogens (primary N) is 1. The van der Waals surface area contributed by atoms with E-state index in [4.69, 9.17) is 28.9 Å². The lowest BCUT2D eigenvalue weighted by atomic mass is 9.99. The van der Waals surface area contributed by atoms with Crippen LogP contribution < -0.4 is 11.1 Å². The van der Waals surface area contributed by atoms with E-state index < -0.39 is 0 Å². The first-order valence-corrected chi connectivity index (χ1v) is 8.02. The Kier molecular flexibility index (Phi) is 8.61. The Balaban J connectivity index is 0.00000242. The third-order valence-corrected chi connectivity index (χ3v) is 4.08. The summed E-state index contributed by atoms with van der Waals surface area (Å²) in [5.41, 5.74) is 7.52. The molecule has 0 radical (unpaired) electrons. The number of nitrogens with zero attached hydrogens (tertiary/aromatic N) is 2. The van der Waals surface area contributed by atoms with Crippen LogP contribution >= 0.6 is 35.6 Å². The molecule has 1 aromatic carbocycles. The number of hydrogen-bond donors (Lipinski definition) is 2. The molecule has 3 N–H and O–H groups in total. The molecular formula is C15H21Cl3N4. The second kappa shape index (κ2) is 9.93. The zero-order valence-electron chi connectivity index (χ0n) is 12.3. The van der Waals surface area contributed by atoms with Crippen LogP contribution in [0.1, 0.15) is 44.9 Å². The molecule has 1 fully saturated rings. The molecule has 7 heteroatoms. The van der Waals surface area contributed by atoms with Crippen LogP contribution in [0, 0.1) is 0 Å². The van der Waals surface area contributed by atoms with Gasteiger partial charge in [0.15, 0.2) is 0 Å². The van der Waals surface area contributed by atoms with Crippen molar-refractivity contribution >= 4 is 53.0 Å². The normalized spacial score (nSPS) is 16.3. The molecule has 0 aromatic heterocycles. The van der Waals surface area contributed by atoms with Gasteiger partial charge < -0.3 is 11.1 Å². The maximum atomic E-state index is 6.07. The highest BCUT2D eigenvalue weighted by Gasteiger charge is 2.07. The highest BCUT2D eigenvalue weighted by Crippen LogP contribution is 2.29. The Bertz CT molecular complexity index is 513. The van der Waals surface area contributed by atoms with Gasteiger partial charge in [-0.3, -0.25) is 0 Å². The molecule has 2 rings (SSSR count). The minimum absolute atomic E-state index is 0. The van der Waals surface area contributed by atoms with Crippen molar-refractivity contribution in [2.45, 2.75) is 44.9 Å². The van der Waals surface area contributed by atoms with Crippen LogP contribution in [0.3, 0.4) is 0 Å². The number of nitrogens with one attached hydrogen (secondary N) is 1. The van der Waals surface area contributed by atoms with E-state index in [1.165, 1.54) is 32.1 Å². The topological polar surface area (TPSA) is 62.8 Å². The Hall–Kier alpha value is -0.970.